The largest absolute Gasteiger partial charge is 0.415 e. The van der Waals surface area contributed by atoms with Crippen molar-refractivity contribution in [2.24, 2.45) is 0 Å². The number of hydrogen-bond acceptors (Lipinski definition) is 3. The smallest absolute Gasteiger partial charge is 0.192 e. The van der Waals surface area contributed by atoms with Gasteiger partial charge in [-0.3, -0.25) is 4.68 Å². The summed E-state index contributed by atoms with van der Waals surface area (Å²) in [5.74, 6) is 0. The molecule has 0 aliphatic rings. The van der Waals surface area contributed by atoms with Crippen LogP contribution in [0, 0.1) is 0 Å². The third-order valence-corrected chi connectivity index (χ3v) is 8.32. The van der Waals surface area contributed by atoms with Crippen molar-refractivity contribution in [3.63, 3.8) is 0 Å². The van der Waals surface area contributed by atoms with Crippen LogP contribution >= 0.6 is 0 Å². The molecule has 1 rings (SSSR count). The lowest BCUT2D eigenvalue weighted by molar-refractivity contribution is 0.214. The summed E-state index contributed by atoms with van der Waals surface area (Å²) in [7, 11) is -1.71. The van der Waals surface area contributed by atoms with Gasteiger partial charge in [0, 0.05) is 6.20 Å². The molecule has 18 heavy (non-hydrogen) atoms. The second kappa shape index (κ2) is 5.55. The summed E-state index contributed by atoms with van der Waals surface area (Å²) in [6, 6.07) is 1.99. The van der Waals surface area contributed by atoms with Crippen LogP contribution in [-0.4, -0.2) is 29.8 Å². The highest BCUT2D eigenvalue weighted by molar-refractivity contribution is 6.74. The van der Waals surface area contributed by atoms with Gasteiger partial charge in [-0.05, 0) is 31.1 Å². The van der Waals surface area contributed by atoms with Gasteiger partial charge in [0.25, 0.3) is 0 Å². The standard InChI is InChI=1S/C13H26N2O2Si/c1-11(15-12(9-16)7-8-14-15)10-17-18(5,6)13(2,3)4/h7-8,11,16H,9-10H2,1-6H3/t11-/m0/s1. The molecule has 0 aromatic carbocycles. The Kier molecular flexibility index (Phi) is 4.75. The number of nitrogens with zero attached hydrogens (tertiary/aromatic N) is 2. The van der Waals surface area contributed by atoms with Crippen LogP contribution in [0.25, 0.3) is 0 Å². The van der Waals surface area contributed by atoms with E-state index in [1.807, 2.05) is 10.7 Å². The maximum Gasteiger partial charge on any atom is 0.192 e. The van der Waals surface area contributed by atoms with E-state index in [2.05, 4.69) is 45.9 Å². The molecular weight excluding hydrogens is 244 g/mol. The quantitative estimate of drug-likeness (QED) is 0.837. The fraction of sp³-hybridized carbons (Fsp3) is 0.769. The van der Waals surface area contributed by atoms with Crippen LogP contribution < -0.4 is 0 Å². The van der Waals surface area contributed by atoms with E-state index >= 15 is 0 Å². The summed E-state index contributed by atoms with van der Waals surface area (Å²) in [5, 5.41) is 13.7. The molecule has 0 unspecified atom stereocenters. The van der Waals surface area contributed by atoms with Gasteiger partial charge in [0.2, 0.25) is 0 Å². The van der Waals surface area contributed by atoms with Crippen LogP contribution in [0.4, 0.5) is 0 Å². The van der Waals surface area contributed by atoms with Gasteiger partial charge in [-0.2, -0.15) is 5.10 Å². The molecule has 1 aromatic heterocycles. The van der Waals surface area contributed by atoms with Gasteiger partial charge in [0.05, 0.1) is 24.9 Å². The first-order valence-corrected chi connectivity index (χ1v) is 9.37. The second-order valence-electron chi connectivity index (χ2n) is 6.35. The zero-order chi connectivity index (χ0) is 14.0. The van der Waals surface area contributed by atoms with Crippen LogP contribution in [0.1, 0.15) is 39.4 Å². The molecule has 0 aliphatic carbocycles. The summed E-state index contributed by atoms with van der Waals surface area (Å²) in [4.78, 5) is 0. The van der Waals surface area contributed by atoms with Crippen molar-refractivity contribution >= 4 is 8.32 Å². The zero-order valence-electron chi connectivity index (χ0n) is 12.4. The summed E-state index contributed by atoms with van der Waals surface area (Å²) < 4.78 is 8.02. The third kappa shape index (κ3) is 3.43. The molecule has 4 nitrogen and oxygen atoms in total. The SMILES string of the molecule is C[C@@H](CO[Si](C)(C)C(C)(C)C)n1nccc1CO. The van der Waals surface area contributed by atoms with E-state index in [0.29, 0.717) is 6.61 Å². The lowest BCUT2D eigenvalue weighted by Crippen LogP contribution is -2.42. The Labute approximate surface area is 111 Å². The fourth-order valence-corrected chi connectivity index (χ4v) is 2.57. The van der Waals surface area contributed by atoms with Crippen molar-refractivity contribution < 1.29 is 9.53 Å². The van der Waals surface area contributed by atoms with E-state index in [4.69, 9.17) is 4.43 Å². The van der Waals surface area contributed by atoms with Crippen LogP contribution in [0.3, 0.4) is 0 Å². The first-order valence-electron chi connectivity index (χ1n) is 6.46. The average Bonchev–Trinajstić information content (AvgIpc) is 2.72. The first kappa shape index (κ1) is 15.4. The number of rotatable bonds is 5. The van der Waals surface area contributed by atoms with E-state index in [0.717, 1.165) is 5.69 Å². The molecular formula is C13H26N2O2Si. The van der Waals surface area contributed by atoms with Crippen molar-refractivity contribution in [3.05, 3.63) is 18.0 Å². The summed E-state index contributed by atoms with van der Waals surface area (Å²) in [6.07, 6.45) is 1.72. The van der Waals surface area contributed by atoms with E-state index in [1.165, 1.54) is 0 Å². The van der Waals surface area contributed by atoms with Crippen LogP contribution in [-0.2, 0) is 11.0 Å². The molecule has 0 aliphatic heterocycles. The minimum atomic E-state index is -1.71. The summed E-state index contributed by atoms with van der Waals surface area (Å²) in [6.45, 7) is 13.9. The summed E-state index contributed by atoms with van der Waals surface area (Å²) >= 11 is 0. The Morgan fingerprint density at radius 1 is 1.44 bits per heavy atom. The molecule has 0 saturated carbocycles. The lowest BCUT2D eigenvalue weighted by atomic mass is 10.2. The molecule has 104 valence electrons. The summed E-state index contributed by atoms with van der Waals surface area (Å²) in [5.41, 5.74) is 0.835. The highest BCUT2D eigenvalue weighted by Gasteiger charge is 2.37. The molecule has 1 heterocycles. The topological polar surface area (TPSA) is 47.3 Å². The molecule has 1 atom stereocenters. The molecule has 0 radical (unpaired) electrons. The van der Waals surface area contributed by atoms with Gasteiger partial charge in [0.15, 0.2) is 8.32 Å². The van der Waals surface area contributed by atoms with Crippen molar-refractivity contribution in [2.75, 3.05) is 6.61 Å². The minimum absolute atomic E-state index is 0.0183. The van der Waals surface area contributed by atoms with Gasteiger partial charge in [0.1, 0.15) is 0 Å². The van der Waals surface area contributed by atoms with E-state index < -0.39 is 8.32 Å². The van der Waals surface area contributed by atoms with Crippen LogP contribution in [0.15, 0.2) is 12.3 Å². The first-order chi connectivity index (χ1) is 8.19. The van der Waals surface area contributed by atoms with E-state index in [-0.39, 0.29) is 17.7 Å². The Morgan fingerprint density at radius 3 is 2.56 bits per heavy atom. The molecule has 0 amide bonds. The molecule has 1 N–H and O–H groups in total. The number of aromatic nitrogens is 2. The molecule has 0 spiro atoms. The van der Waals surface area contributed by atoms with Gasteiger partial charge >= 0.3 is 0 Å². The Hall–Kier alpha value is -0.653. The minimum Gasteiger partial charge on any atom is -0.415 e. The van der Waals surface area contributed by atoms with Crippen molar-refractivity contribution in [3.8, 4) is 0 Å². The van der Waals surface area contributed by atoms with E-state index in [9.17, 15) is 5.11 Å². The number of aliphatic hydroxyl groups excluding tert-OH is 1. The molecule has 1 aromatic rings. The van der Waals surface area contributed by atoms with Crippen molar-refractivity contribution in [1.29, 1.82) is 0 Å². The van der Waals surface area contributed by atoms with Gasteiger partial charge < -0.3 is 9.53 Å². The van der Waals surface area contributed by atoms with E-state index in [1.54, 1.807) is 6.20 Å². The Balaban J connectivity index is 2.64. The lowest BCUT2D eigenvalue weighted by Gasteiger charge is -2.37. The Bertz CT molecular complexity index is 383. The van der Waals surface area contributed by atoms with Crippen LogP contribution in [0.5, 0.6) is 0 Å². The molecule has 0 fully saturated rings. The Morgan fingerprint density at radius 2 is 2.06 bits per heavy atom. The van der Waals surface area contributed by atoms with Crippen molar-refractivity contribution in [1.82, 2.24) is 9.78 Å². The molecule has 0 saturated heterocycles. The fourth-order valence-electron chi connectivity index (χ4n) is 1.48. The van der Waals surface area contributed by atoms with Crippen molar-refractivity contribution in [2.45, 2.75) is 58.5 Å². The normalized spacial score (nSPS) is 14.8. The highest BCUT2D eigenvalue weighted by atomic mass is 28.4. The highest BCUT2D eigenvalue weighted by Crippen LogP contribution is 2.36. The zero-order valence-corrected chi connectivity index (χ0v) is 13.4. The van der Waals surface area contributed by atoms with Gasteiger partial charge in [-0.1, -0.05) is 20.8 Å². The molecule has 5 heteroatoms. The third-order valence-electron chi connectivity index (χ3n) is 3.82. The molecule has 0 bridgehead atoms. The predicted octanol–water partition coefficient (Wildman–Crippen LogP) is 2.96. The average molecular weight is 270 g/mol. The second-order valence-corrected chi connectivity index (χ2v) is 11.2. The maximum atomic E-state index is 9.22. The monoisotopic (exact) mass is 270 g/mol. The maximum absolute atomic E-state index is 9.22. The predicted molar refractivity (Wildman–Crippen MR) is 76.0 cm³/mol. The number of hydrogen-bond donors (Lipinski definition) is 1. The van der Waals surface area contributed by atoms with Gasteiger partial charge in [-0.15, -0.1) is 0 Å². The van der Waals surface area contributed by atoms with Crippen LogP contribution in [0.2, 0.25) is 18.1 Å². The van der Waals surface area contributed by atoms with Gasteiger partial charge in [-0.25, -0.2) is 0 Å². The number of aliphatic hydroxyl groups is 1.